The fourth-order valence-corrected chi connectivity index (χ4v) is 5.75. The average Bonchev–Trinajstić information content (AvgIpc) is 2.63. The molecule has 0 saturated carbocycles. The van der Waals surface area contributed by atoms with E-state index in [-0.39, 0.29) is 5.78 Å². The monoisotopic (exact) mass is 432 g/mol. The summed E-state index contributed by atoms with van der Waals surface area (Å²) in [6, 6.07) is 0. The number of unbranched alkanes of at least 4 members (excludes halogenated alkanes) is 12. The summed E-state index contributed by atoms with van der Waals surface area (Å²) in [6.45, 7) is 4.61. The predicted octanol–water partition coefficient (Wildman–Crippen LogP) is 7.67. The van der Waals surface area contributed by atoms with Crippen LogP contribution in [0.15, 0.2) is 12.2 Å². The lowest BCUT2D eigenvalue weighted by molar-refractivity contribution is -0.883. The van der Waals surface area contributed by atoms with Crippen LogP contribution in [0.4, 0.5) is 0 Å². The van der Waals surface area contributed by atoms with E-state index in [0.29, 0.717) is 17.5 Å². The summed E-state index contributed by atoms with van der Waals surface area (Å²) in [5.41, 5.74) is 0. The van der Waals surface area contributed by atoms with E-state index < -0.39 is 7.60 Å². The van der Waals surface area contributed by atoms with Crippen LogP contribution in [-0.2, 0) is 9.09 Å². The molecule has 0 aliphatic rings. The minimum atomic E-state index is -3.55. The summed E-state index contributed by atoms with van der Waals surface area (Å²) < 4.78 is 18.3. The zero-order valence-electron chi connectivity index (χ0n) is 20.2. The Hall–Kier alpha value is -0.150. The number of allylic oxidation sites excluding steroid dienone is 2. The summed E-state index contributed by atoms with van der Waals surface area (Å²) in [4.78, 5) is 10.2. The van der Waals surface area contributed by atoms with E-state index in [1.807, 2.05) is 28.1 Å². The summed E-state index contributed by atoms with van der Waals surface area (Å²) >= 11 is 0. The van der Waals surface area contributed by atoms with Gasteiger partial charge in [0.2, 0.25) is 0 Å². The fourth-order valence-electron chi connectivity index (χ4n) is 3.85. The molecule has 1 N–H and O–H groups in total. The molecule has 0 fully saturated rings. The average molecular weight is 433 g/mol. The molecule has 0 aliphatic heterocycles. The molecule has 0 saturated heterocycles. The molecular weight excluding hydrogens is 381 g/mol. The molecule has 0 radical (unpaired) electrons. The van der Waals surface area contributed by atoms with Crippen molar-refractivity contribution in [2.24, 2.45) is 0 Å². The highest BCUT2D eigenvalue weighted by Gasteiger charge is 2.41. The minimum absolute atomic E-state index is 0.349. The molecule has 0 amide bonds. The van der Waals surface area contributed by atoms with Crippen molar-refractivity contribution in [2.45, 2.75) is 116 Å². The second-order valence-corrected chi connectivity index (χ2v) is 11.3. The van der Waals surface area contributed by atoms with Crippen LogP contribution < -0.4 is 0 Å². The molecule has 5 heteroatoms. The molecule has 2 atom stereocenters. The van der Waals surface area contributed by atoms with Crippen LogP contribution in [-0.4, -0.2) is 42.9 Å². The van der Waals surface area contributed by atoms with Gasteiger partial charge in [0.05, 0.1) is 27.7 Å². The van der Waals surface area contributed by atoms with Gasteiger partial charge in [-0.1, -0.05) is 83.8 Å². The Morgan fingerprint density at radius 3 is 1.69 bits per heavy atom. The lowest BCUT2D eigenvalue weighted by atomic mass is 10.1. The van der Waals surface area contributed by atoms with Gasteiger partial charge in [-0.3, -0.25) is 4.57 Å². The van der Waals surface area contributed by atoms with Crippen molar-refractivity contribution in [1.29, 1.82) is 0 Å². The van der Waals surface area contributed by atoms with Crippen LogP contribution in [0.1, 0.15) is 110 Å². The van der Waals surface area contributed by atoms with Crippen LogP contribution in [0.25, 0.3) is 0 Å². The van der Waals surface area contributed by atoms with Gasteiger partial charge < -0.3 is 13.9 Å². The van der Waals surface area contributed by atoms with Gasteiger partial charge in [-0.2, -0.15) is 0 Å². The maximum Gasteiger partial charge on any atom is 0.385 e. The van der Waals surface area contributed by atoms with Gasteiger partial charge >= 0.3 is 7.60 Å². The SMILES string of the molecule is CCCCCCC/C=C\CCCCCCCCCOP(=O)(O)C(CC)[N+](C)(C)C. The first-order valence-electron chi connectivity index (χ1n) is 12.2. The first-order chi connectivity index (χ1) is 13.8. The highest BCUT2D eigenvalue weighted by Crippen LogP contribution is 2.51. The highest BCUT2D eigenvalue weighted by molar-refractivity contribution is 7.53. The molecule has 2 unspecified atom stereocenters. The van der Waals surface area contributed by atoms with Crippen LogP contribution in [0, 0.1) is 0 Å². The molecule has 0 heterocycles. The van der Waals surface area contributed by atoms with Crippen molar-refractivity contribution in [3.8, 4) is 0 Å². The fraction of sp³-hybridized carbons (Fsp3) is 0.917. The molecule has 0 aliphatic carbocycles. The van der Waals surface area contributed by atoms with E-state index >= 15 is 0 Å². The lowest BCUT2D eigenvalue weighted by Gasteiger charge is -2.35. The van der Waals surface area contributed by atoms with E-state index in [1.54, 1.807) is 0 Å². The van der Waals surface area contributed by atoms with Crippen LogP contribution in [0.5, 0.6) is 0 Å². The predicted molar refractivity (Wildman–Crippen MR) is 127 cm³/mol. The molecule has 0 spiro atoms. The van der Waals surface area contributed by atoms with Gasteiger partial charge in [0, 0.05) is 6.42 Å². The molecule has 0 aromatic heterocycles. The van der Waals surface area contributed by atoms with Crippen molar-refractivity contribution in [3.63, 3.8) is 0 Å². The Balaban J connectivity index is 3.53. The normalized spacial score (nSPS) is 15.7. The highest BCUT2D eigenvalue weighted by atomic mass is 31.2. The van der Waals surface area contributed by atoms with Crippen LogP contribution in [0.2, 0.25) is 0 Å². The zero-order valence-corrected chi connectivity index (χ0v) is 21.1. The molecule has 4 nitrogen and oxygen atoms in total. The Labute approximate surface area is 182 Å². The summed E-state index contributed by atoms with van der Waals surface area (Å²) in [7, 11) is 2.30. The van der Waals surface area contributed by atoms with E-state index in [1.165, 1.54) is 77.0 Å². The quantitative estimate of drug-likeness (QED) is 0.0929. The van der Waals surface area contributed by atoms with Gasteiger partial charge in [-0.25, -0.2) is 0 Å². The third-order valence-electron chi connectivity index (χ3n) is 5.57. The van der Waals surface area contributed by atoms with Crippen molar-refractivity contribution in [2.75, 3.05) is 27.7 Å². The third kappa shape index (κ3) is 16.2. The third-order valence-corrected chi connectivity index (χ3v) is 7.93. The summed E-state index contributed by atoms with van der Waals surface area (Å²) in [5, 5.41) is 0. The van der Waals surface area contributed by atoms with Crippen molar-refractivity contribution in [1.82, 2.24) is 0 Å². The van der Waals surface area contributed by atoms with Gasteiger partial charge in [-0.15, -0.1) is 0 Å². The van der Waals surface area contributed by atoms with Gasteiger partial charge in [0.1, 0.15) is 0 Å². The van der Waals surface area contributed by atoms with Gasteiger partial charge in [0.15, 0.2) is 5.78 Å². The molecule has 0 aromatic carbocycles. The minimum Gasteiger partial charge on any atom is -0.320 e. The largest absolute Gasteiger partial charge is 0.385 e. The Bertz CT molecular complexity index is 446. The van der Waals surface area contributed by atoms with Crippen molar-refractivity contribution >= 4 is 7.60 Å². The topological polar surface area (TPSA) is 46.5 Å². The van der Waals surface area contributed by atoms with Crippen molar-refractivity contribution in [3.05, 3.63) is 12.2 Å². The molecule has 0 aromatic rings. The molecule has 174 valence electrons. The lowest BCUT2D eigenvalue weighted by Crippen LogP contribution is -2.44. The number of hydrogen-bond donors (Lipinski definition) is 1. The maximum atomic E-state index is 12.5. The van der Waals surface area contributed by atoms with Gasteiger partial charge in [0.25, 0.3) is 0 Å². The number of hydrogen-bond acceptors (Lipinski definition) is 2. The second-order valence-electron chi connectivity index (χ2n) is 9.34. The van der Waals surface area contributed by atoms with E-state index in [9.17, 15) is 9.46 Å². The molecule has 0 rings (SSSR count). The number of quaternary nitrogens is 1. The van der Waals surface area contributed by atoms with E-state index in [0.717, 1.165) is 12.8 Å². The molecule has 0 bridgehead atoms. The summed E-state index contributed by atoms with van der Waals surface area (Å²) in [6.07, 6.45) is 23.0. The van der Waals surface area contributed by atoms with E-state index in [4.69, 9.17) is 4.52 Å². The Morgan fingerprint density at radius 2 is 1.24 bits per heavy atom. The number of rotatable bonds is 20. The first kappa shape index (κ1) is 28.9. The van der Waals surface area contributed by atoms with Crippen LogP contribution >= 0.6 is 7.60 Å². The smallest absolute Gasteiger partial charge is 0.320 e. The number of nitrogens with zero attached hydrogens (tertiary/aromatic N) is 1. The standard InChI is InChI=1S/C24H50NO3P/c1-6-8-9-10-11-12-13-14-15-16-17-18-19-20-21-22-23-28-29(26,27)24(7-2)25(3,4)5/h13-14,24H,6-12,15-23H2,1-5H3/p+1/b14-13-. The Kier molecular flexibility index (Phi) is 17.4. The molecular formula is C24H51NO3P+. The zero-order chi connectivity index (χ0) is 22.0. The maximum absolute atomic E-state index is 12.5. The molecule has 29 heavy (non-hydrogen) atoms. The van der Waals surface area contributed by atoms with E-state index in [2.05, 4.69) is 19.1 Å². The second kappa shape index (κ2) is 17.5. The summed E-state index contributed by atoms with van der Waals surface area (Å²) in [5.74, 6) is -0.349. The van der Waals surface area contributed by atoms with Crippen molar-refractivity contribution < 1.29 is 18.5 Å². The van der Waals surface area contributed by atoms with Crippen LogP contribution in [0.3, 0.4) is 0 Å². The first-order valence-corrected chi connectivity index (χ1v) is 13.8. The Morgan fingerprint density at radius 1 is 0.793 bits per heavy atom. The van der Waals surface area contributed by atoms with Gasteiger partial charge in [-0.05, 0) is 32.1 Å².